The Morgan fingerprint density at radius 1 is 1.08 bits per heavy atom. The summed E-state index contributed by atoms with van der Waals surface area (Å²) in [4.78, 5) is 44.2. The van der Waals surface area contributed by atoms with Gasteiger partial charge in [0.05, 0.1) is 0 Å². The van der Waals surface area contributed by atoms with Crippen molar-refractivity contribution >= 4 is 17.7 Å². The van der Waals surface area contributed by atoms with Gasteiger partial charge in [0.15, 0.2) is 0 Å². The van der Waals surface area contributed by atoms with E-state index in [0.717, 1.165) is 16.7 Å². The lowest BCUT2D eigenvalue weighted by Gasteiger charge is -2.31. The molecule has 1 fully saturated rings. The molecule has 0 spiro atoms. The molecule has 4 rings (SSSR count). The van der Waals surface area contributed by atoms with Gasteiger partial charge in [0.2, 0.25) is 0 Å². The molecule has 37 heavy (non-hydrogen) atoms. The van der Waals surface area contributed by atoms with Gasteiger partial charge >= 0.3 is 0 Å². The van der Waals surface area contributed by atoms with Crippen LogP contribution >= 0.6 is 0 Å². The molecule has 0 saturated carbocycles. The van der Waals surface area contributed by atoms with E-state index in [2.05, 4.69) is 28.5 Å². The van der Waals surface area contributed by atoms with Gasteiger partial charge in [0.25, 0.3) is 17.7 Å². The van der Waals surface area contributed by atoms with E-state index in [1.165, 1.54) is 24.2 Å². The number of aryl methyl sites for hydroxylation is 2. The first-order valence-electron chi connectivity index (χ1n) is 12.0. The summed E-state index contributed by atoms with van der Waals surface area (Å²) in [6.07, 6.45) is 3.24. The zero-order chi connectivity index (χ0) is 26.6. The van der Waals surface area contributed by atoms with Crippen molar-refractivity contribution in [2.75, 3.05) is 6.54 Å². The highest BCUT2D eigenvalue weighted by Crippen LogP contribution is 2.36. The van der Waals surface area contributed by atoms with Crippen LogP contribution in [0.25, 0.3) is 0 Å². The van der Waals surface area contributed by atoms with Gasteiger partial charge in [-0.25, -0.2) is 5.48 Å². The number of carbonyl (C=O) groups excluding carboxylic acids is 3. The Morgan fingerprint density at radius 3 is 2.35 bits per heavy atom. The molecule has 2 atom stereocenters. The molecular formula is C28H30N4O5. The third-order valence-electron chi connectivity index (χ3n) is 6.61. The minimum absolute atomic E-state index is 0.217. The minimum Gasteiger partial charge on any atom is -0.489 e. The molecule has 2 aromatic carbocycles. The van der Waals surface area contributed by atoms with Gasteiger partial charge in [-0.05, 0) is 56.2 Å². The summed E-state index contributed by atoms with van der Waals surface area (Å²) in [5, 5.41) is 12.0. The molecule has 1 aliphatic rings. The van der Waals surface area contributed by atoms with E-state index >= 15 is 0 Å². The highest BCUT2D eigenvalue weighted by molar-refractivity contribution is 6.01. The molecule has 0 bridgehead atoms. The first kappa shape index (κ1) is 25.8. The van der Waals surface area contributed by atoms with Crippen molar-refractivity contribution in [1.29, 1.82) is 0 Å². The van der Waals surface area contributed by atoms with Gasteiger partial charge in [-0.1, -0.05) is 41.5 Å². The van der Waals surface area contributed by atoms with Crippen LogP contribution in [0, 0.1) is 13.8 Å². The highest BCUT2D eigenvalue weighted by atomic mass is 16.5. The summed E-state index contributed by atoms with van der Waals surface area (Å²) >= 11 is 0. The van der Waals surface area contributed by atoms with Gasteiger partial charge < -0.3 is 15.0 Å². The summed E-state index contributed by atoms with van der Waals surface area (Å²) in [5.74, 6) is -0.962. The number of hydroxylamine groups is 1. The van der Waals surface area contributed by atoms with Crippen LogP contribution in [0.4, 0.5) is 0 Å². The smallest absolute Gasteiger partial charge is 0.265 e. The zero-order valence-corrected chi connectivity index (χ0v) is 21.0. The molecule has 3 aromatic rings. The van der Waals surface area contributed by atoms with E-state index in [1.54, 1.807) is 41.9 Å². The molecule has 0 radical (unpaired) electrons. The van der Waals surface area contributed by atoms with Crippen LogP contribution in [0.15, 0.2) is 67.0 Å². The van der Waals surface area contributed by atoms with Crippen molar-refractivity contribution in [2.24, 2.45) is 0 Å². The van der Waals surface area contributed by atoms with Crippen molar-refractivity contribution < 1.29 is 24.3 Å². The second-order valence-electron chi connectivity index (χ2n) is 9.30. The van der Waals surface area contributed by atoms with Crippen LogP contribution in [-0.2, 0) is 21.7 Å². The summed E-state index contributed by atoms with van der Waals surface area (Å²) in [5.41, 5.74) is 4.50. The van der Waals surface area contributed by atoms with Gasteiger partial charge in [0.1, 0.15) is 23.9 Å². The Morgan fingerprint density at radius 2 is 1.73 bits per heavy atom. The molecule has 1 aromatic heterocycles. The molecule has 1 saturated heterocycles. The van der Waals surface area contributed by atoms with Gasteiger partial charge in [-0.2, -0.15) is 0 Å². The Labute approximate surface area is 215 Å². The maximum atomic E-state index is 13.7. The predicted molar refractivity (Wildman–Crippen MR) is 136 cm³/mol. The van der Waals surface area contributed by atoms with E-state index < -0.39 is 29.3 Å². The second kappa shape index (κ2) is 10.8. The van der Waals surface area contributed by atoms with Crippen LogP contribution < -0.4 is 15.5 Å². The summed E-state index contributed by atoms with van der Waals surface area (Å²) < 4.78 is 5.96. The lowest BCUT2D eigenvalue weighted by Crippen LogP contribution is -2.54. The molecule has 1 unspecified atom stereocenters. The Balaban J connectivity index is 1.60. The molecule has 0 aliphatic carbocycles. The molecule has 9 nitrogen and oxygen atoms in total. The predicted octanol–water partition coefficient (Wildman–Crippen LogP) is 3.03. The molecule has 1 aliphatic heterocycles. The van der Waals surface area contributed by atoms with Gasteiger partial charge in [-0.3, -0.25) is 24.6 Å². The topological polar surface area (TPSA) is 121 Å². The number of hydrogen-bond donors (Lipinski definition) is 3. The Bertz CT molecular complexity index is 1280. The van der Waals surface area contributed by atoms with Gasteiger partial charge in [-0.15, -0.1) is 0 Å². The standard InChI is InChI=1S/C28H30N4O5/c1-18-14-19(2)16-21(15-18)17-37-24-6-4-23(5-7-24)28(30-26(34)22-8-11-29-12-9-22)10-13-32(27(28)35)20(3)25(33)31-36/h4-9,11-12,14-16,20,36H,10,13,17H2,1-3H3,(H,30,34)(H,31,33)/t20-,28?/m1/s1. The first-order chi connectivity index (χ1) is 17.7. The van der Waals surface area contributed by atoms with E-state index in [-0.39, 0.29) is 13.0 Å². The lowest BCUT2D eigenvalue weighted by atomic mass is 9.87. The van der Waals surface area contributed by atoms with E-state index in [4.69, 9.17) is 9.94 Å². The highest BCUT2D eigenvalue weighted by Gasteiger charge is 2.51. The SMILES string of the molecule is Cc1cc(C)cc(COc2ccc(C3(NC(=O)c4ccncc4)CCN([C@H](C)C(=O)NO)C3=O)cc2)c1. The maximum absolute atomic E-state index is 13.7. The Hall–Kier alpha value is -4.24. The van der Waals surface area contributed by atoms with Crippen LogP contribution in [0.1, 0.15) is 46.0 Å². The number of benzene rings is 2. The molecule has 192 valence electrons. The monoisotopic (exact) mass is 502 g/mol. The number of ether oxygens (including phenoxy) is 1. The van der Waals surface area contributed by atoms with Crippen LogP contribution in [0.3, 0.4) is 0 Å². The number of carbonyl (C=O) groups is 3. The summed E-state index contributed by atoms with van der Waals surface area (Å²) in [7, 11) is 0. The fourth-order valence-corrected chi connectivity index (χ4v) is 4.73. The third kappa shape index (κ3) is 5.46. The van der Waals surface area contributed by atoms with E-state index in [0.29, 0.717) is 23.5 Å². The van der Waals surface area contributed by atoms with Crippen molar-refractivity contribution in [3.05, 3.63) is 94.8 Å². The number of pyridine rings is 1. The fraction of sp³-hybridized carbons (Fsp3) is 0.286. The maximum Gasteiger partial charge on any atom is 0.265 e. The number of rotatable bonds is 8. The van der Waals surface area contributed by atoms with Crippen LogP contribution in [-0.4, -0.2) is 45.4 Å². The summed E-state index contributed by atoms with van der Waals surface area (Å²) in [6, 6.07) is 15.5. The zero-order valence-electron chi connectivity index (χ0n) is 21.0. The largest absolute Gasteiger partial charge is 0.489 e. The van der Waals surface area contributed by atoms with Crippen molar-refractivity contribution in [3.63, 3.8) is 0 Å². The number of aromatic nitrogens is 1. The number of nitrogens with zero attached hydrogens (tertiary/aromatic N) is 2. The normalized spacial score (nSPS) is 17.8. The number of likely N-dealkylation sites (tertiary alicyclic amines) is 1. The van der Waals surface area contributed by atoms with E-state index in [9.17, 15) is 14.4 Å². The van der Waals surface area contributed by atoms with Crippen molar-refractivity contribution in [1.82, 2.24) is 20.7 Å². The third-order valence-corrected chi connectivity index (χ3v) is 6.61. The molecule has 3 N–H and O–H groups in total. The average Bonchev–Trinajstić information content (AvgIpc) is 3.23. The average molecular weight is 503 g/mol. The number of hydrogen-bond acceptors (Lipinski definition) is 6. The molecule has 2 heterocycles. The number of nitrogens with one attached hydrogen (secondary N) is 2. The van der Waals surface area contributed by atoms with Crippen molar-refractivity contribution in [3.8, 4) is 5.75 Å². The number of amides is 3. The first-order valence-corrected chi connectivity index (χ1v) is 12.0. The summed E-state index contributed by atoms with van der Waals surface area (Å²) in [6.45, 7) is 6.21. The molecule has 9 heteroatoms. The quantitative estimate of drug-likeness (QED) is 0.322. The molecular weight excluding hydrogens is 472 g/mol. The minimum atomic E-state index is -1.39. The van der Waals surface area contributed by atoms with Crippen LogP contribution in [0.5, 0.6) is 5.75 Å². The Kier molecular flexibility index (Phi) is 7.54. The van der Waals surface area contributed by atoms with Crippen molar-refractivity contribution in [2.45, 2.75) is 45.4 Å². The second-order valence-corrected chi connectivity index (χ2v) is 9.30. The fourth-order valence-electron chi connectivity index (χ4n) is 4.73. The van der Waals surface area contributed by atoms with E-state index in [1.807, 2.05) is 13.8 Å². The lowest BCUT2D eigenvalue weighted by molar-refractivity contribution is -0.143. The molecule has 3 amide bonds. The van der Waals surface area contributed by atoms with Gasteiger partial charge in [0, 0.05) is 30.9 Å². The van der Waals surface area contributed by atoms with Crippen LogP contribution in [0.2, 0.25) is 0 Å².